The van der Waals surface area contributed by atoms with Crippen LogP contribution in [0.25, 0.3) is 0 Å². The fourth-order valence-corrected chi connectivity index (χ4v) is 1.24. The average molecular weight is 296 g/mol. The highest BCUT2D eigenvalue weighted by Crippen LogP contribution is 2.35. The molecule has 0 aliphatic carbocycles. The monoisotopic (exact) mass is 296 g/mol. The molecule has 21 heavy (non-hydrogen) atoms. The van der Waals surface area contributed by atoms with Gasteiger partial charge in [0.15, 0.2) is 0 Å². The lowest BCUT2D eigenvalue weighted by Crippen LogP contribution is -2.43. The van der Waals surface area contributed by atoms with Crippen LogP contribution in [0.2, 0.25) is 13.6 Å². The van der Waals surface area contributed by atoms with Gasteiger partial charge >= 0.3 is 0 Å². The third-order valence-electron chi connectivity index (χ3n) is 4.68. The van der Waals surface area contributed by atoms with Gasteiger partial charge in [-0.15, -0.1) is 13.2 Å². The standard InChI is InChI=1S/C10H21BO.C8H16O/c1-8-9(2,3)10(4,5)12-11(6)7;1-6-7(2,3)8(4,5)9/h8H,1H2,2-7H3;6,9H,1H2,2-5H3. The van der Waals surface area contributed by atoms with Crippen molar-refractivity contribution in [2.24, 2.45) is 10.8 Å². The van der Waals surface area contributed by atoms with Crippen molar-refractivity contribution in [2.45, 2.75) is 80.2 Å². The number of hydrogen-bond donors (Lipinski definition) is 1. The predicted octanol–water partition coefficient (Wildman–Crippen LogP) is 5.21. The Morgan fingerprint density at radius 3 is 1.29 bits per heavy atom. The molecule has 0 heterocycles. The number of rotatable bonds is 6. The van der Waals surface area contributed by atoms with E-state index >= 15 is 0 Å². The van der Waals surface area contributed by atoms with E-state index in [1.807, 2.05) is 19.9 Å². The Labute approximate surface area is 133 Å². The third kappa shape index (κ3) is 7.33. The smallest absolute Gasteiger partial charge is 0.287 e. The van der Waals surface area contributed by atoms with Crippen molar-refractivity contribution in [1.29, 1.82) is 0 Å². The number of aliphatic hydroxyl groups is 1. The molecule has 0 amide bonds. The van der Waals surface area contributed by atoms with Gasteiger partial charge in [-0.2, -0.15) is 0 Å². The van der Waals surface area contributed by atoms with Crippen LogP contribution < -0.4 is 0 Å². The molecule has 2 nitrogen and oxygen atoms in total. The van der Waals surface area contributed by atoms with Crippen LogP contribution in [0, 0.1) is 10.8 Å². The molecular formula is C18H37BO2. The second kappa shape index (κ2) is 7.64. The zero-order valence-electron chi connectivity index (χ0n) is 16.0. The summed E-state index contributed by atoms with van der Waals surface area (Å²) in [4.78, 5) is 0. The van der Waals surface area contributed by atoms with Gasteiger partial charge in [-0.25, -0.2) is 0 Å². The lowest BCUT2D eigenvalue weighted by atomic mass is 9.70. The van der Waals surface area contributed by atoms with E-state index < -0.39 is 5.60 Å². The Kier molecular flexibility index (Phi) is 8.28. The van der Waals surface area contributed by atoms with Crippen LogP contribution in [0.1, 0.15) is 55.4 Å². The van der Waals surface area contributed by atoms with Crippen LogP contribution in [0.4, 0.5) is 0 Å². The molecule has 1 N–H and O–H groups in total. The van der Waals surface area contributed by atoms with Crippen molar-refractivity contribution in [3.8, 4) is 0 Å². The molecule has 0 aromatic rings. The van der Waals surface area contributed by atoms with Gasteiger partial charge in [0.25, 0.3) is 6.92 Å². The lowest BCUT2D eigenvalue weighted by Gasteiger charge is -2.40. The van der Waals surface area contributed by atoms with Crippen molar-refractivity contribution in [3.05, 3.63) is 25.3 Å². The SMILES string of the molecule is C=CC(C)(C)C(C)(C)O.C=CC(C)(C)C(C)(C)OB(C)C. The first-order chi connectivity index (χ1) is 9.04. The van der Waals surface area contributed by atoms with Crippen molar-refractivity contribution in [3.63, 3.8) is 0 Å². The van der Waals surface area contributed by atoms with Gasteiger partial charge in [-0.3, -0.25) is 0 Å². The second-order valence-electron chi connectivity index (χ2n) is 8.09. The first-order valence-corrected chi connectivity index (χ1v) is 7.71. The van der Waals surface area contributed by atoms with Gasteiger partial charge in [-0.1, -0.05) is 53.5 Å². The highest BCUT2D eigenvalue weighted by Gasteiger charge is 2.35. The molecule has 0 aromatic heterocycles. The highest BCUT2D eigenvalue weighted by molar-refractivity contribution is 6.48. The van der Waals surface area contributed by atoms with E-state index in [4.69, 9.17) is 4.65 Å². The molecule has 0 aliphatic rings. The van der Waals surface area contributed by atoms with Crippen molar-refractivity contribution in [1.82, 2.24) is 0 Å². The molecule has 0 aromatic carbocycles. The molecule has 0 bridgehead atoms. The van der Waals surface area contributed by atoms with E-state index in [0.717, 1.165) is 0 Å². The summed E-state index contributed by atoms with van der Waals surface area (Å²) in [6, 6.07) is 0. The fraction of sp³-hybridized carbons (Fsp3) is 0.778. The Bertz CT molecular complexity index is 334. The lowest BCUT2D eigenvalue weighted by molar-refractivity contribution is -0.00719. The van der Waals surface area contributed by atoms with Crippen molar-refractivity contribution in [2.75, 3.05) is 0 Å². The van der Waals surface area contributed by atoms with E-state index in [-0.39, 0.29) is 23.3 Å². The fourth-order valence-electron chi connectivity index (χ4n) is 1.24. The molecule has 0 aliphatic heterocycles. The molecule has 0 rings (SSSR count). The summed E-state index contributed by atoms with van der Waals surface area (Å²) in [6.45, 7) is 27.8. The molecule has 0 spiro atoms. The van der Waals surface area contributed by atoms with Gasteiger partial charge in [0, 0.05) is 10.8 Å². The van der Waals surface area contributed by atoms with Gasteiger partial charge in [0.1, 0.15) is 0 Å². The van der Waals surface area contributed by atoms with E-state index in [1.165, 1.54) is 0 Å². The first-order valence-electron chi connectivity index (χ1n) is 7.71. The average Bonchev–Trinajstić information content (AvgIpc) is 2.26. The summed E-state index contributed by atoms with van der Waals surface area (Å²) in [5.74, 6) is 0. The Morgan fingerprint density at radius 1 is 0.810 bits per heavy atom. The Morgan fingerprint density at radius 2 is 1.14 bits per heavy atom. The molecule has 0 atom stereocenters. The van der Waals surface area contributed by atoms with Crippen LogP contribution >= 0.6 is 0 Å². The minimum absolute atomic E-state index is 0.0112. The maximum absolute atomic E-state index is 9.47. The van der Waals surface area contributed by atoms with Crippen LogP contribution in [0.15, 0.2) is 25.3 Å². The largest absolute Gasteiger partial charge is 0.431 e. The summed E-state index contributed by atoms with van der Waals surface area (Å²) in [6.07, 6.45) is 3.72. The van der Waals surface area contributed by atoms with Gasteiger partial charge in [0.2, 0.25) is 0 Å². The van der Waals surface area contributed by atoms with Crippen LogP contribution in [-0.4, -0.2) is 23.2 Å². The summed E-state index contributed by atoms with van der Waals surface area (Å²) in [7, 11) is 0. The summed E-state index contributed by atoms with van der Waals surface area (Å²) < 4.78 is 5.82. The second-order valence-corrected chi connectivity index (χ2v) is 8.09. The van der Waals surface area contributed by atoms with Gasteiger partial charge in [0.05, 0.1) is 11.2 Å². The van der Waals surface area contributed by atoms with Gasteiger partial charge < -0.3 is 9.76 Å². The molecule has 124 valence electrons. The zero-order valence-corrected chi connectivity index (χ0v) is 16.0. The summed E-state index contributed by atoms with van der Waals surface area (Å²) in [5.41, 5.74) is -1.01. The minimum Gasteiger partial charge on any atom is -0.431 e. The van der Waals surface area contributed by atoms with Crippen molar-refractivity contribution < 1.29 is 9.76 Å². The normalized spacial score (nSPS) is 13.1. The highest BCUT2D eigenvalue weighted by atomic mass is 16.5. The predicted molar refractivity (Wildman–Crippen MR) is 96.9 cm³/mol. The molecule has 0 radical (unpaired) electrons. The Hall–Kier alpha value is -0.535. The minimum atomic E-state index is -0.672. The van der Waals surface area contributed by atoms with Crippen LogP contribution in [0.5, 0.6) is 0 Å². The third-order valence-corrected chi connectivity index (χ3v) is 4.68. The maximum Gasteiger partial charge on any atom is 0.287 e. The zero-order chi connectivity index (χ0) is 17.7. The summed E-state index contributed by atoms with van der Waals surface area (Å²) in [5, 5.41) is 9.47. The van der Waals surface area contributed by atoms with E-state index in [0.29, 0.717) is 0 Å². The summed E-state index contributed by atoms with van der Waals surface area (Å²) >= 11 is 0. The molecule has 3 heteroatoms. The van der Waals surface area contributed by atoms with E-state index in [1.54, 1.807) is 19.9 Å². The van der Waals surface area contributed by atoms with Crippen LogP contribution in [-0.2, 0) is 4.65 Å². The van der Waals surface area contributed by atoms with Crippen molar-refractivity contribution >= 4 is 6.92 Å². The molecule has 0 unspecified atom stereocenters. The van der Waals surface area contributed by atoms with Gasteiger partial charge in [-0.05, 0) is 27.7 Å². The van der Waals surface area contributed by atoms with E-state index in [9.17, 15) is 5.11 Å². The topological polar surface area (TPSA) is 29.5 Å². The van der Waals surface area contributed by atoms with Crippen LogP contribution in [0.3, 0.4) is 0 Å². The molecular weight excluding hydrogens is 259 g/mol. The molecule has 0 fully saturated rings. The quantitative estimate of drug-likeness (QED) is 0.538. The molecule has 0 saturated heterocycles. The van der Waals surface area contributed by atoms with E-state index in [2.05, 4.69) is 54.5 Å². The Balaban J connectivity index is 0. The molecule has 0 saturated carbocycles. The number of hydrogen-bond acceptors (Lipinski definition) is 2. The maximum atomic E-state index is 9.47. The first kappa shape index (κ1) is 22.7.